The molecule has 0 aromatic heterocycles. The highest BCUT2D eigenvalue weighted by Crippen LogP contribution is 2.35. The van der Waals surface area contributed by atoms with Crippen LogP contribution >= 0.6 is 23.2 Å². The van der Waals surface area contributed by atoms with E-state index in [0.717, 1.165) is 18.5 Å². The molecular weight excluding hydrogens is 261 g/mol. The van der Waals surface area contributed by atoms with Gasteiger partial charge in [0.2, 0.25) is 0 Å². The van der Waals surface area contributed by atoms with Crippen molar-refractivity contribution in [2.45, 2.75) is 12.5 Å². The molecule has 1 heterocycles. The van der Waals surface area contributed by atoms with E-state index in [0.29, 0.717) is 10.0 Å². The Labute approximate surface area is 110 Å². The fourth-order valence-electron chi connectivity index (χ4n) is 2.19. The highest BCUT2D eigenvalue weighted by atomic mass is 35.5. The van der Waals surface area contributed by atoms with Crippen LogP contribution in [-0.2, 0) is 9.53 Å². The van der Waals surface area contributed by atoms with Gasteiger partial charge in [-0.15, -0.1) is 0 Å². The van der Waals surface area contributed by atoms with Crippen molar-refractivity contribution >= 4 is 29.2 Å². The Kier molecular flexibility index (Phi) is 3.92. The number of hydrogen-bond acceptors (Lipinski definition) is 3. The molecule has 2 atom stereocenters. The van der Waals surface area contributed by atoms with Crippen LogP contribution in [0.1, 0.15) is 18.0 Å². The van der Waals surface area contributed by atoms with Crippen LogP contribution in [0, 0.1) is 5.92 Å². The van der Waals surface area contributed by atoms with E-state index in [2.05, 4.69) is 5.32 Å². The van der Waals surface area contributed by atoms with Crippen molar-refractivity contribution in [2.75, 3.05) is 13.7 Å². The van der Waals surface area contributed by atoms with Crippen molar-refractivity contribution in [3.05, 3.63) is 33.8 Å². The Bertz CT molecular complexity index is 437. The Hall–Kier alpha value is -0.770. The largest absolute Gasteiger partial charge is 0.469 e. The van der Waals surface area contributed by atoms with Crippen molar-refractivity contribution in [2.24, 2.45) is 5.92 Å². The van der Waals surface area contributed by atoms with Crippen LogP contribution in [-0.4, -0.2) is 19.6 Å². The van der Waals surface area contributed by atoms with Gasteiger partial charge in [0.05, 0.1) is 13.0 Å². The maximum absolute atomic E-state index is 11.6. The summed E-state index contributed by atoms with van der Waals surface area (Å²) in [6, 6.07) is 5.22. The monoisotopic (exact) mass is 273 g/mol. The normalized spacial score (nSPS) is 23.7. The summed E-state index contributed by atoms with van der Waals surface area (Å²) in [5, 5.41) is 4.43. The molecule has 92 valence electrons. The molecule has 5 heteroatoms. The quantitative estimate of drug-likeness (QED) is 0.843. The third-order valence-electron chi connectivity index (χ3n) is 3.02. The molecular formula is C12H13Cl2NO2. The molecule has 0 unspecified atom stereocenters. The molecule has 1 N–H and O–H groups in total. The van der Waals surface area contributed by atoms with Crippen LogP contribution in [0.5, 0.6) is 0 Å². The van der Waals surface area contributed by atoms with E-state index >= 15 is 0 Å². The molecule has 1 aromatic rings. The van der Waals surface area contributed by atoms with E-state index in [-0.39, 0.29) is 17.9 Å². The molecule has 1 aliphatic heterocycles. The first kappa shape index (κ1) is 12.7. The number of methoxy groups -OCH3 is 1. The molecule has 0 amide bonds. The van der Waals surface area contributed by atoms with Crippen molar-refractivity contribution in [1.82, 2.24) is 5.32 Å². The fourth-order valence-corrected chi connectivity index (χ4v) is 2.72. The summed E-state index contributed by atoms with van der Waals surface area (Å²) in [4.78, 5) is 11.6. The van der Waals surface area contributed by atoms with E-state index < -0.39 is 0 Å². The average Bonchev–Trinajstić information content (AvgIpc) is 2.77. The summed E-state index contributed by atoms with van der Waals surface area (Å²) < 4.78 is 4.80. The molecule has 2 rings (SSSR count). The number of esters is 1. The molecule has 0 radical (unpaired) electrons. The van der Waals surface area contributed by atoms with E-state index in [9.17, 15) is 4.79 Å². The molecule has 0 spiro atoms. The standard InChI is InChI=1S/C12H13Cl2NO2/c1-17-12(16)9-4-5-15-11(9)8-3-2-7(13)6-10(8)14/h2-3,6,9,11,15H,4-5H2,1H3/t9-,11+/m0/s1. The Balaban J connectivity index is 2.29. The Morgan fingerprint density at radius 2 is 2.24 bits per heavy atom. The van der Waals surface area contributed by atoms with Crippen LogP contribution in [0.3, 0.4) is 0 Å². The minimum absolute atomic E-state index is 0.0905. The summed E-state index contributed by atoms with van der Waals surface area (Å²) in [5.74, 6) is -0.385. The predicted octanol–water partition coefficient (Wildman–Crippen LogP) is 2.82. The van der Waals surface area contributed by atoms with Crippen molar-refractivity contribution in [1.29, 1.82) is 0 Å². The second-order valence-corrected chi connectivity index (χ2v) is 4.86. The average molecular weight is 274 g/mol. The lowest BCUT2D eigenvalue weighted by Gasteiger charge is -2.19. The van der Waals surface area contributed by atoms with Crippen molar-refractivity contribution in [3.8, 4) is 0 Å². The van der Waals surface area contributed by atoms with Crippen molar-refractivity contribution in [3.63, 3.8) is 0 Å². The first-order valence-electron chi connectivity index (χ1n) is 5.39. The lowest BCUT2D eigenvalue weighted by molar-refractivity contribution is -0.145. The topological polar surface area (TPSA) is 38.3 Å². The van der Waals surface area contributed by atoms with Gasteiger partial charge in [-0.2, -0.15) is 0 Å². The zero-order chi connectivity index (χ0) is 12.4. The van der Waals surface area contributed by atoms with Gasteiger partial charge >= 0.3 is 5.97 Å². The first-order chi connectivity index (χ1) is 8.13. The SMILES string of the molecule is COC(=O)[C@H]1CCN[C@@H]1c1ccc(Cl)cc1Cl. The van der Waals surface area contributed by atoms with Gasteiger partial charge < -0.3 is 10.1 Å². The first-order valence-corrected chi connectivity index (χ1v) is 6.15. The summed E-state index contributed by atoms with van der Waals surface area (Å²) in [6.07, 6.45) is 0.760. The molecule has 3 nitrogen and oxygen atoms in total. The molecule has 0 bridgehead atoms. The van der Waals surface area contributed by atoms with Gasteiger partial charge in [0.25, 0.3) is 0 Å². The second kappa shape index (κ2) is 5.25. The number of hydrogen-bond donors (Lipinski definition) is 1. The van der Waals surface area contributed by atoms with Gasteiger partial charge in [0, 0.05) is 16.1 Å². The molecule has 0 aliphatic carbocycles. The van der Waals surface area contributed by atoms with Gasteiger partial charge in [-0.1, -0.05) is 29.3 Å². The van der Waals surface area contributed by atoms with Crippen LogP contribution in [0.2, 0.25) is 10.0 Å². The number of ether oxygens (including phenoxy) is 1. The molecule has 1 saturated heterocycles. The summed E-state index contributed by atoms with van der Waals surface area (Å²) in [7, 11) is 1.40. The summed E-state index contributed by atoms with van der Waals surface area (Å²) in [5.41, 5.74) is 0.893. The maximum atomic E-state index is 11.6. The number of carbonyl (C=O) groups is 1. The lowest BCUT2D eigenvalue weighted by Crippen LogP contribution is -2.24. The van der Waals surface area contributed by atoms with E-state index in [1.807, 2.05) is 6.07 Å². The minimum atomic E-state index is -0.203. The smallest absolute Gasteiger partial charge is 0.310 e. The zero-order valence-corrected chi connectivity index (χ0v) is 10.9. The highest BCUT2D eigenvalue weighted by Gasteiger charge is 2.35. The minimum Gasteiger partial charge on any atom is -0.469 e. The van der Waals surface area contributed by atoms with Gasteiger partial charge in [-0.05, 0) is 30.7 Å². The number of halogens is 2. The van der Waals surface area contributed by atoms with Gasteiger partial charge in [-0.3, -0.25) is 4.79 Å². The lowest BCUT2D eigenvalue weighted by atomic mass is 9.94. The van der Waals surface area contributed by atoms with Crippen LogP contribution in [0.15, 0.2) is 18.2 Å². The number of carbonyl (C=O) groups excluding carboxylic acids is 1. The Morgan fingerprint density at radius 1 is 1.47 bits per heavy atom. The van der Waals surface area contributed by atoms with Crippen LogP contribution < -0.4 is 5.32 Å². The third-order valence-corrected chi connectivity index (χ3v) is 3.59. The van der Waals surface area contributed by atoms with E-state index in [4.69, 9.17) is 27.9 Å². The predicted molar refractivity (Wildman–Crippen MR) is 67.3 cm³/mol. The van der Waals surface area contributed by atoms with Gasteiger partial charge in [0.1, 0.15) is 0 Å². The highest BCUT2D eigenvalue weighted by molar-refractivity contribution is 6.35. The molecule has 1 fully saturated rings. The number of rotatable bonds is 2. The molecule has 0 saturated carbocycles. The molecule has 1 aromatic carbocycles. The van der Waals surface area contributed by atoms with E-state index in [1.165, 1.54) is 7.11 Å². The van der Waals surface area contributed by atoms with Crippen LogP contribution in [0.25, 0.3) is 0 Å². The van der Waals surface area contributed by atoms with E-state index in [1.54, 1.807) is 12.1 Å². The number of nitrogens with one attached hydrogen (secondary N) is 1. The second-order valence-electron chi connectivity index (χ2n) is 4.02. The third kappa shape index (κ3) is 2.57. The summed E-state index contributed by atoms with van der Waals surface area (Å²) >= 11 is 12.0. The van der Waals surface area contributed by atoms with Crippen LogP contribution in [0.4, 0.5) is 0 Å². The van der Waals surface area contributed by atoms with Crippen molar-refractivity contribution < 1.29 is 9.53 Å². The summed E-state index contributed by atoms with van der Waals surface area (Å²) in [6.45, 7) is 0.781. The fraction of sp³-hybridized carbons (Fsp3) is 0.417. The number of benzene rings is 1. The van der Waals surface area contributed by atoms with Gasteiger partial charge in [-0.25, -0.2) is 0 Å². The Morgan fingerprint density at radius 3 is 2.88 bits per heavy atom. The molecule has 17 heavy (non-hydrogen) atoms. The maximum Gasteiger partial charge on any atom is 0.310 e. The zero-order valence-electron chi connectivity index (χ0n) is 9.37. The molecule has 1 aliphatic rings. The van der Waals surface area contributed by atoms with Gasteiger partial charge in [0.15, 0.2) is 0 Å².